The monoisotopic (exact) mass is 576 g/mol. The second kappa shape index (κ2) is 10.5. The maximum Gasteiger partial charge on any atom is 0.249 e. The molecule has 3 aromatic rings. The van der Waals surface area contributed by atoms with E-state index in [1.807, 2.05) is 12.3 Å². The van der Waals surface area contributed by atoms with E-state index in [0.717, 1.165) is 5.75 Å². The summed E-state index contributed by atoms with van der Waals surface area (Å²) >= 11 is 1.61. The number of nitrogens with zero attached hydrogens (tertiary/aromatic N) is 3. The highest BCUT2D eigenvalue weighted by Gasteiger charge is 2.56. The number of ketones is 3. The van der Waals surface area contributed by atoms with Gasteiger partial charge < -0.3 is 24.8 Å². The van der Waals surface area contributed by atoms with Crippen molar-refractivity contribution in [2.75, 3.05) is 12.0 Å². The predicted octanol–water partition coefficient (Wildman–Crippen LogP) is 4.10. The van der Waals surface area contributed by atoms with Gasteiger partial charge in [0.15, 0.2) is 17.3 Å². The van der Waals surface area contributed by atoms with Crippen molar-refractivity contribution < 1.29 is 33.9 Å². The number of rotatable bonds is 8. The summed E-state index contributed by atoms with van der Waals surface area (Å²) in [6, 6.07) is 4.82. The number of hydrogen-bond acceptors (Lipinski definition) is 12. The number of allylic oxidation sites excluding steroid dienone is 4. The summed E-state index contributed by atoms with van der Waals surface area (Å²) in [5.74, 6) is -1.44. The van der Waals surface area contributed by atoms with Crippen LogP contribution in [0.3, 0.4) is 0 Å². The first-order chi connectivity index (χ1) is 19.5. The van der Waals surface area contributed by atoms with Crippen LogP contribution in [0.4, 0.5) is 0 Å². The fourth-order valence-electron chi connectivity index (χ4n) is 5.16. The number of fused-ring (bicyclic) bond motifs is 3. The lowest BCUT2D eigenvalue weighted by Gasteiger charge is -2.29. The van der Waals surface area contributed by atoms with Gasteiger partial charge in [0.2, 0.25) is 11.7 Å². The van der Waals surface area contributed by atoms with Crippen LogP contribution in [-0.4, -0.2) is 54.7 Å². The zero-order chi connectivity index (χ0) is 29.6. The van der Waals surface area contributed by atoms with Crippen molar-refractivity contribution in [3.63, 3.8) is 0 Å². The maximum absolute atomic E-state index is 14.1. The standard InChI is InChI=1S/C29H28N4O7S/c1-13-23(36)21(15(3)34)25-22(24(13)37)29(4)19(39-25)12-18(35)20(26(29)38)14(2)31-17(9-11-41-5)28-32-27(33-40-28)16-8-6-7-10-30-16/h6-8,10,12,17,31,36-37H,9,11H2,1-5H3/b20-14+/t17?,29-/m0/s1. The zero-order valence-electron chi connectivity index (χ0n) is 23.1. The first-order valence-electron chi connectivity index (χ1n) is 12.8. The van der Waals surface area contributed by atoms with Gasteiger partial charge in [-0.1, -0.05) is 11.2 Å². The smallest absolute Gasteiger partial charge is 0.249 e. The number of phenolic OH excluding ortho intramolecular Hbond substituents is 2. The lowest BCUT2D eigenvalue weighted by Crippen LogP contribution is -2.41. The van der Waals surface area contributed by atoms with Gasteiger partial charge in [-0.2, -0.15) is 16.7 Å². The average Bonchev–Trinajstić information content (AvgIpc) is 3.54. The minimum Gasteiger partial charge on any atom is -0.507 e. The van der Waals surface area contributed by atoms with E-state index in [1.165, 1.54) is 26.8 Å². The molecule has 2 aromatic heterocycles. The maximum atomic E-state index is 14.1. The Kier molecular flexibility index (Phi) is 7.20. The molecule has 12 heteroatoms. The number of pyridine rings is 1. The molecule has 1 unspecified atom stereocenters. The highest BCUT2D eigenvalue weighted by atomic mass is 32.2. The molecule has 2 atom stereocenters. The molecule has 3 N–H and O–H groups in total. The number of nitrogens with one attached hydrogen (secondary N) is 1. The van der Waals surface area contributed by atoms with E-state index in [4.69, 9.17) is 9.26 Å². The number of aromatic nitrogens is 3. The van der Waals surface area contributed by atoms with Gasteiger partial charge >= 0.3 is 0 Å². The summed E-state index contributed by atoms with van der Waals surface area (Å²) in [5.41, 5.74) is -1.04. The van der Waals surface area contributed by atoms with E-state index in [-0.39, 0.29) is 51.1 Å². The Balaban J connectivity index is 1.56. The van der Waals surface area contributed by atoms with Gasteiger partial charge in [-0.15, -0.1) is 0 Å². The van der Waals surface area contributed by atoms with E-state index in [1.54, 1.807) is 37.0 Å². The number of carbonyl (C=O) groups is 3. The summed E-state index contributed by atoms with van der Waals surface area (Å²) in [5, 5.41) is 28.9. The van der Waals surface area contributed by atoms with Gasteiger partial charge in [0.1, 0.15) is 45.7 Å². The number of Topliss-reactive ketones (excluding diaryl/α,β-unsaturated/α-hetero) is 2. The van der Waals surface area contributed by atoms with E-state index in [2.05, 4.69) is 20.4 Å². The van der Waals surface area contributed by atoms with Crippen molar-refractivity contribution in [3.8, 4) is 28.8 Å². The molecule has 1 aliphatic carbocycles. The SMILES string of the molecule is CSCCC(N/C(C)=C1\C(=O)C=C2Oc3c(C(C)=O)c(O)c(C)c(O)c3[C@@]2(C)C1=O)c1nc(-c2ccccn2)no1. The van der Waals surface area contributed by atoms with E-state index < -0.39 is 34.6 Å². The molecule has 0 saturated carbocycles. The van der Waals surface area contributed by atoms with Crippen molar-refractivity contribution in [1.82, 2.24) is 20.4 Å². The Morgan fingerprint density at radius 3 is 2.61 bits per heavy atom. The average molecular weight is 577 g/mol. The molecule has 1 aromatic carbocycles. The predicted molar refractivity (Wildman–Crippen MR) is 150 cm³/mol. The van der Waals surface area contributed by atoms with E-state index in [9.17, 15) is 24.6 Å². The molecular formula is C29H28N4O7S. The van der Waals surface area contributed by atoms with Gasteiger partial charge in [-0.05, 0) is 58.3 Å². The molecule has 0 fully saturated rings. The number of carbonyl (C=O) groups excluding carboxylic acids is 3. The molecule has 11 nitrogen and oxygen atoms in total. The van der Waals surface area contributed by atoms with Crippen LogP contribution in [0.1, 0.15) is 60.6 Å². The fraction of sp³-hybridized carbons (Fsp3) is 0.310. The summed E-state index contributed by atoms with van der Waals surface area (Å²) in [6.07, 6.45) is 5.30. The first kappa shape index (κ1) is 28.1. The van der Waals surface area contributed by atoms with Crippen LogP contribution in [0.25, 0.3) is 11.5 Å². The molecule has 2 aliphatic rings. The molecule has 3 heterocycles. The molecule has 0 spiro atoms. The van der Waals surface area contributed by atoms with E-state index in [0.29, 0.717) is 17.9 Å². The number of aromatic hydroxyl groups is 2. The van der Waals surface area contributed by atoms with Crippen molar-refractivity contribution in [2.45, 2.75) is 45.6 Å². The molecule has 41 heavy (non-hydrogen) atoms. The molecule has 0 radical (unpaired) electrons. The third-order valence-corrected chi connectivity index (χ3v) is 8.04. The van der Waals surface area contributed by atoms with Crippen LogP contribution in [0.15, 0.2) is 52.0 Å². The highest BCUT2D eigenvalue weighted by molar-refractivity contribution is 7.98. The minimum absolute atomic E-state index is 0.0299. The summed E-state index contributed by atoms with van der Waals surface area (Å²) in [4.78, 5) is 48.6. The Morgan fingerprint density at radius 2 is 1.95 bits per heavy atom. The summed E-state index contributed by atoms with van der Waals surface area (Å²) < 4.78 is 11.4. The molecule has 1 aliphatic heterocycles. The Bertz CT molecular complexity index is 1660. The van der Waals surface area contributed by atoms with Crippen molar-refractivity contribution in [1.29, 1.82) is 0 Å². The second-order valence-corrected chi connectivity index (χ2v) is 11.0. The molecular weight excluding hydrogens is 548 g/mol. The number of benzene rings is 1. The number of phenols is 2. The lowest BCUT2D eigenvalue weighted by molar-refractivity contribution is -0.123. The van der Waals surface area contributed by atoms with Crippen LogP contribution < -0.4 is 10.1 Å². The van der Waals surface area contributed by atoms with Crippen LogP contribution in [0.5, 0.6) is 17.2 Å². The number of thioether (sulfide) groups is 1. The molecule has 0 bridgehead atoms. The van der Waals surface area contributed by atoms with Crippen LogP contribution >= 0.6 is 11.8 Å². The van der Waals surface area contributed by atoms with Crippen molar-refractivity contribution >= 4 is 29.1 Å². The number of ether oxygens (including phenoxy) is 1. The molecule has 0 saturated heterocycles. The van der Waals surface area contributed by atoms with Gasteiger partial charge in [-0.3, -0.25) is 19.4 Å². The molecule has 212 valence electrons. The number of hydrogen-bond donors (Lipinski definition) is 3. The van der Waals surface area contributed by atoms with Crippen LogP contribution in [-0.2, 0) is 15.0 Å². The Morgan fingerprint density at radius 1 is 1.20 bits per heavy atom. The second-order valence-electron chi connectivity index (χ2n) is 10.0. The van der Waals surface area contributed by atoms with Gasteiger partial charge in [-0.25, -0.2) is 0 Å². The van der Waals surface area contributed by atoms with Gasteiger partial charge in [0.25, 0.3) is 0 Å². The first-order valence-corrected chi connectivity index (χ1v) is 14.2. The van der Waals surface area contributed by atoms with Gasteiger partial charge in [0, 0.05) is 23.5 Å². The van der Waals surface area contributed by atoms with Crippen molar-refractivity contribution in [2.24, 2.45) is 0 Å². The fourth-order valence-corrected chi connectivity index (χ4v) is 5.64. The lowest BCUT2D eigenvalue weighted by atomic mass is 9.70. The largest absolute Gasteiger partial charge is 0.507 e. The Labute approximate surface area is 239 Å². The van der Waals surface area contributed by atoms with E-state index >= 15 is 0 Å². The third-order valence-electron chi connectivity index (χ3n) is 7.40. The normalized spacial score (nSPS) is 19.7. The summed E-state index contributed by atoms with van der Waals surface area (Å²) in [6.45, 7) is 5.81. The van der Waals surface area contributed by atoms with Crippen molar-refractivity contribution in [3.05, 3.63) is 70.1 Å². The highest BCUT2D eigenvalue weighted by Crippen LogP contribution is 2.57. The Hall–Kier alpha value is -4.45. The van der Waals surface area contributed by atoms with Gasteiger partial charge in [0.05, 0.1) is 11.1 Å². The van der Waals surface area contributed by atoms with Crippen LogP contribution in [0, 0.1) is 6.92 Å². The summed E-state index contributed by atoms with van der Waals surface area (Å²) in [7, 11) is 0. The van der Waals surface area contributed by atoms with Crippen LogP contribution in [0.2, 0.25) is 0 Å². The molecule has 5 rings (SSSR count). The minimum atomic E-state index is -1.61. The zero-order valence-corrected chi connectivity index (χ0v) is 23.9. The third kappa shape index (κ3) is 4.48. The topological polar surface area (TPSA) is 165 Å². The molecule has 0 amide bonds. The quantitative estimate of drug-likeness (QED) is 0.200.